The second kappa shape index (κ2) is 10.7. The van der Waals surface area contributed by atoms with E-state index in [0.717, 1.165) is 11.2 Å². The van der Waals surface area contributed by atoms with Crippen molar-refractivity contribution in [3.8, 4) is 0 Å². The summed E-state index contributed by atoms with van der Waals surface area (Å²) in [7, 11) is -10.9. The number of aliphatic hydroxyl groups is 5. The molecule has 4 aliphatic rings. The third kappa shape index (κ3) is 5.88. The molecule has 2 saturated heterocycles. The van der Waals surface area contributed by atoms with Gasteiger partial charge in [-0.2, -0.15) is 9.30 Å². The summed E-state index contributed by atoms with van der Waals surface area (Å²) in [4.78, 5) is 40.5. The first-order chi connectivity index (χ1) is 17.6. The van der Waals surface area contributed by atoms with E-state index in [-0.39, 0.29) is 5.84 Å². The molecule has 0 aromatic heterocycles. The van der Waals surface area contributed by atoms with Crippen molar-refractivity contribution in [1.82, 2.24) is 10.2 Å². The monoisotopic (exact) mass is 589 g/mol. The number of hydrogen-bond acceptors (Lipinski definition) is 16. The minimum Gasteiger partial charge on any atom is -0.388 e. The topological polar surface area (TPSA) is 303 Å². The number of guanidine groups is 1. The Labute approximate surface area is 212 Å². The van der Waals surface area contributed by atoms with Crippen molar-refractivity contribution in [1.29, 1.82) is 5.41 Å². The second-order valence-electron chi connectivity index (χ2n) is 8.53. The first-order valence-corrected chi connectivity index (χ1v) is 13.8. The fraction of sp³-hybridized carbons (Fsp3) is 0.750. The number of fused-ring (bicyclic) bond motifs is 1. The molecule has 0 aromatic carbocycles. The summed E-state index contributed by atoms with van der Waals surface area (Å²) in [6.07, 6.45) is -13.9. The first kappa shape index (κ1) is 29.2. The van der Waals surface area contributed by atoms with Crippen molar-refractivity contribution < 1.29 is 72.1 Å². The van der Waals surface area contributed by atoms with E-state index in [4.69, 9.17) is 14.9 Å². The fourth-order valence-electron chi connectivity index (χ4n) is 3.90. The van der Waals surface area contributed by atoms with Crippen LogP contribution in [0.4, 0.5) is 0 Å². The fourth-order valence-corrected chi connectivity index (χ4v) is 6.06. The van der Waals surface area contributed by atoms with E-state index in [9.17, 15) is 49.2 Å². The van der Waals surface area contributed by atoms with Gasteiger partial charge in [0.05, 0.1) is 19.0 Å². The minimum absolute atomic E-state index is 0.0785. The number of phosphoric ester groups is 2. The Balaban J connectivity index is 1.35. The van der Waals surface area contributed by atoms with Gasteiger partial charge < -0.3 is 44.8 Å². The molecular weight excluding hydrogens is 564 g/mol. The zero-order valence-electron chi connectivity index (χ0n) is 19.2. The molecule has 12 atom stereocenters. The summed E-state index contributed by atoms with van der Waals surface area (Å²) in [5, 5.41) is 59.7. The number of nitrogens with zero attached hydrogens (tertiary/aromatic N) is 3. The maximum absolute atomic E-state index is 12.3. The van der Waals surface area contributed by atoms with Gasteiger partial charge in [-0.15, -0.1) is 0 Å². The zero-order chi connectivity index (χ0) is 28.2. The Kier molecular flexibility index (Phi) is 8.22. The van der Waals surface area contributed by atoms with Crippen molar-refractivity contribution >= 4 is 39.7 Å². The number of rotatable bonds is 8. The summed E-state index contributed by atoms with van der Waals surface area (Å²) < 4.78 is 48.2. The van der Waals surface area contributed by atoms with Crippen molar-refractivity contribution in [2.24, 2.45) is 9.98 Å². The molecule has 20 nitrogen and oxygen atoms in total. The summed E-state index contributed by atoms with van der Waals surface area (Å²) >= 11 is 0. The Hall–Kier alpha value is -1.74. The smallest absolute Gasteiger partial charge is 0.388 e. The number of carbonyl (C=O) groups is 1. The lowest BCUT2D eigenvalue weighted by atomic mass is 10.0. The highest BCUT2D eigenvalue weighted by molar-refractivity contribution is 7.61. The van der Waals surface area contributed by atoms with Crippen molar-refractivity contribution in [2.45, 2.75) is 68.2 Å². The van der Waals surface area contributed by atoms with Crippen LogP contribution in [0, 0.1) is 5.41 Å². The number of carbonyl (C=O) groups excluding carboxylic acids is 1. The van der Waals surface area contributed by atoms with Gasteiger partial charge in [0.15, 0.2) is 24.4 Å². The van der Waals surface area contributed by atoms with Crippen LogP contribution in [0.15, 0.2) is 9.98 Å². The molecule has 0 aliphatic carbocycles. The maximum atomic E-state index is 12.3. The number of aliphatic imine (C=N–C) groups is 2. The predicted octanol–water partition coefficient (Wildman–Crippen LogP) is -4.31. The molecule has 12 unspecified atom stereocenters. The summed E-state index contributed by atoms with van der Waals surface area (Å²) in [5.74, 6) is -1.23. The highest BCUT2D eigenvalue weighted by Crippen LogP contribution is 2.61. The van der Waals surface area contributed by atoms with E-state index < -0.39 is 95.4 Å². The van der Waals surface area contributed by atoms with E-state index in [1.165, 1.54) is 6.92 Å². The molecule has 4 aliphatic heterocycles. The van der Waals surface area contributed by atoms with Crippen LogP contribution >= 0.6 is 15.6 Å². The third-order valence-electron chi connectivity index (χ3n) is 5.83. The standard InChI is InChI=1S/C16H25N5O15P2/c1-4-7(22)9(24)11(26)15(33-4)35-38(30,31)36-37(28,29)32-2-5-8(23)10(25)14(34-5)21-3-18-6-12(21)19-16(17)20-13(6)27/h3-11,14-15,22-26H,2H2,1H3,(H,28,29)(H,30,31)(H2,17,20,27). The van der Waals surface area contributed by atoms with Gasteiger partial charge in [0.25, 0.3) is 5.91 Å². The molecular formula is C16H25N5O15P2. The third-order valence-corrected chi connectivity index (χ3v) is 8.43. The molecule has 0 radical (unpaired) electrons. The van der Waals surface area contributed by atoms with Crippen LogP contribution in [0.25, 0.3) is 0 Å². The molecule has 22 heteroatoms. The molecule has 2 fully saturated rings. The van der Waals surface area contributed by atoms with Crippen LogP contribution in [0.5, 0.6) is 0 Å². The zero-order valence-corrected chi connectivity index (χ0v) is 21.0. The largest absolute Gasteiger partial charge is 0.483 e. The van der Waals surface area contributed by atoms with Crippen molar-refractivity contribution in [2.75, 3.05) is 6.61 Å². The van der Waals surface area contributed by atoms with Gasteiger partial charge in [0.2, 0.25) is 5.96 Å². The molecule has 214 valence electrons. The highest BCUT2D eigenvalue weighted by Gasteiger charge is 2.51. The van der Waals surface area contributed by atoms with Crippen LogP contribution in [-0.4, -0.2) is 132 Å². The molecule has 4 heterocycles. The maximum Gasteiger partial charge on any atom is 0.483 e. The van der Waals surface area contributed by atoms with Gasteiger partial charge in [-0.1, -0.05) is 0 Å². The molecule has 0 saturated carbocycles. The second-order valence-corrected chi connectivity index (χ2v) is 11.5. The van der Waals surface area contributed by atoms with Gasteiger partial charge in [-0.05, 0) is 6.92 Å². The number of aliphatic hydroxyl groups excluding tert-OH is 5. The van der Waals surface area contributed by atoms with Gasteiger partial charge in [-0.25, -0.2) is 9.13 Å². The van der Waals surface area contributed by atoms with E-state index in [0.29, 0.717) is 0 Å². The van der Waals surface area contributed by atoms with E-state index >= 15 is 0 Å². The van der Waals surface area contributed by atoms with Gasteiger partial charge >= 0.3 is 15.6 Å². The van der Waals surface area contributed by atoms with Crippen molar-refractivity contribution in [3.63, 3.8) is 0 Å². The highest BCUT2D eigenvalue weighted by atomic mass is 31.3. The summed E-state index contributed by atoms with van der Waals surface area (Å²) in [6, 6.07) is -1.13. The molecule has 0 bridgehead atoms. The van der Waals surface area contributed by atoms with Crippen molar-refractivity contribution in [3.05, 3.63) is 0 Å². The Morgan fingerprint density at radius 3 is 2.42 bits per heavy atom. The van der Waals surface area contributed by atoms with Gasteiger partial charge in [0, 0.05) is 0 Å². The molecule has 9 N–H and O–H groups in total. The lowest BCUT2D eigenvalue weighted by Gasteiger charge is -2.38. The van der Waals surface area contributed by atoms with Crippen LogP contribution in [0.3, 0.4) is 0 Å². The van der Waals surface area contributed by atoms with Crippen LogP contribution < -0.4 is 5.32 Å². The predicted molar refractivity (Wildman–Crippen MR) is 118 cm³/mol. The SMILES string of the molecule is CC1OC(OP(=O)(O)OP(=O)(O)OCC2OC(N3C=NC4C(=O)NC(=N)N=C43)C(O)C2O)C(O)C(O)C1O. The quantitative estimate of drug-likeness (QED) is 0.121. The van der Waals surface area contributed by atoms with E-state index in [1.54, 1.807) is 0 Å². The normalized spacial score (nSPS) is 42.3. The lowest BCUT2D eigenvalue weighted by molar-refractivity contribution is -0.271. The summed E-state index contributed by atoms with van der Waals surface area (Å²) in [6.45, 7) is 0.284. The van der Waals surface area contributed by atoms with Gasteiger partial charge in [0.1, 0.15) is 36.6 Å². The Morgan fingerprint density at radius 2 is 1.74 bits per heavy atom. The number of amidine groups is 1. The number of amides is 1. The van der Waals surface area contributed by atoms with Crippen LogP contribution in [0.1, 0.15) is 6.92 Å². The van der Waals surface area contributed by atoms with Crippen LogP contribution in [-0.2, 0) is 36.8 Å². The average molecular weight is 589 g/mol. The first-order valence-electron chi connectivity index (χ1n) is 10.8. The lowest BCUT2D eigenvalue weighted by Crippen LogP contribution is -2.57. The van der Waals surface area contributed by atoms with Gasteiger partial charge in [-0.3, -0.25) is 34.5 Å². The Morgan fingerprint density at radius 1 is 1.05 bits per heavy atom. The molecule has 4 rings (SSSR count). The Bertz CT molecular complexity index is 1120. The molecule has 0 aromatic rings. The van der Waals surface area contributed by atoms with E-state index in [1.807, 2.05) is 0 Å². The number of ether oxygens (including phenoxy) is 2. The number of phosphoric acid groups is 2. The number of nitrogens with one attached hydrogen (secondary N) is 2. The molecule has 38 heavy (non-hydrogen) atoms. The minimum atomic E-state index is -5.51. The van der Waals surface area contributed by atoms with E-state index in [2.05, 4.69) is 28.7 Å². The summed E-state index contributed by atoms with van der Waals surface area (Å²) in [5.41, 5.74) is 0. The average Bonchev–Trinajstić information content (AvgIpc) is 3.35. The van der Waals surface area contributed by atoms with Crippen LogP contribution in [0.2, 0.25) is 0 Å². The molecule has 1 amide bonds. The number of hydrogen-bond donors (Lipinski definition) is 9. The molecule has 0 spiro atoms.